The van der Waals surface area contributed by atoms with Crippen molar-refractivity contribution in [3.8, 4) is 0 Å². The predicted molar refractivity (Wildman–Crippen MR) is 85.4 cm³/mol. The highest BCUT2D eigenvalue weighted by atomic mass is 79.9. The summed E-state index contributed by atoms with van der Waals surface area (Å²) in [5.74, 6) is -0.743. The van der Waals surface area contributed by atoms with Crippen LogP contribution in [-0.4, -0.2) is 35.1 Å². The van der Waals surface area contributed by atoms with Crippen LogP contribution in [-0.2, 0) is 11.3 Å². The lowest BCUT2D eigenvalue weighted by molar-refractivity contribution is -0.151. The van der Waals surface area contributed by atoms with Crippen molar-refractivity contribution >= 4 is 39.3 Å². The van der Waals surface area contributed by atoms with Crippen molar-refractivity contribution < 1.29 is 14.7 Å². The molecule has 1 aliphatic heterocycles. The van der Waals surface area contributed by atoms with Crippen molar-refractivity contribution in [2.45, 2.75) is 32.7 Å². The highest BCUT2D eigenvalue weighted by Gasteiger charge is 2.40. The van der Waals surface area contributed by atoms with Crippen LogP contribution in [0.25, 0.3) is 0 Å². The molecule has 2 rings (SSSR count). The van der Waals surface area contributed by atoms with E-state index in [9.17, 15) is 14.7 Å². The number of halogens is 1. The zero-order valence-corrected chi connectivity index (χ0v) is 14.3. The van der Waals surface area contributed by atoms with Crippen molar-refractivity contribution in [1.29, 1.82) is 0 Å². The molecular formula is C14H19BrN2O3S. The third-order valence-corrected chi connectivity index (χ3v) is 6.16. The maximum atomic E-state index is 12.1. The fourth-order valence-electron chi connectivity index (χ4n) is 2.58. The standard InChI is InChI=1S/C14H19BrN2O3S/c1-2-14(12(18)19)4-6-17(7-5-14)13(20)16-9-11-10(15)3-8-21-11/h3,8H,2,4-7,9H2,1H3,(H,16,20)(H,18,19). The lowest BCUT2D eigenvalue weighted by Crippen LogP contribution is -2.49. The summed E-state index contributed by atoms with van der Waals surface area (Å²) < 4.78 is 1.00. The van der Waals surface area contributed by atoms with Gasteiger partial charge in [-0.3, -0.25) is 4.79 Å². The van der Waals surface area contributed by atoms with E-state index < -0.39 is 11.4 Å². The van der Waals surface area contributed by atoms with Gasteiger partial charge in [-0.1, -0.05) is 6.92 Å². The molecule has 0 bridgehead atoms. The molecule has 1 fully saturated rings. The lowest BCUT2D eigenvalue weighted by Gasteiger charge is -2.38. The monoisotopic (exact) mass is 374 g/mol. The molecule has 7 heteroatoms. The van der Waals surface area contributed by atoms with E-state index in [1.165, 1.54) is 0 Å². The largest absolute Gasteiger partial charge is 0.481 e. The second-order valence-electron chi connectivity index (χ2n) is 5.28. The zero-order valence-electron chi connectivity index (χ0n) is 11.9. The number of piperidine rings is 1. The first-order chi connectivity index (χ1) is 9.98. The smallest absolute Gasteiger partial charge is 0.317 e. The van der Waals surface area contributed by atoms with Crippen LogP contribution in [0.15, 0.2) is 15.9 Å². The minimum absolute atomic E-state index is 0.120. The minimum atomic E-state index is -0.743. The van der Waals surface area contributed by atoms with Crippen molar-refractivity contribution in [3.05, 3.63) is 20.8 Å². The van der Waals surface area contributed by atoms with Gasteiger partial charge >= 0.3 is 12.0 Å². The molecule has 0 aromatic carbocycles. The number of rotatable bonds is 4. The summed E-state index contributed by atoms with van der Waals surface area (Å²) >= 11 is 5.02. The molecule has 2 N–H and O–H groups in total. The Kier molecular flexibility index (Phi) is 5.27. The van der Waals surface area contributed by atoms with Gasteiger partial charge in [0.05, 0.1) is 12.0 Å². The van der Waals surface area contributed by atoms with Crippen molar-refractivity contribution in [2.75, 3.05) is 13.1 Å². The molecule has 1 aliphatic rings. The predicted octanol–water partition coefficient (Wildman–Crippen LogP) is 3.30. The number of carbonyl (C=O) groups is 2. The Bertz CT molecular complexity index is 524. The maximum Gasteiger partial charge on any atom is 0.317 e. The van der Waals surface area contributed by atoms with Crippen molar-refractivity contribution in [3.63, 3.8) is 0 Å². The van der Waals surface area contributed by atoms with Crippen LogP contribution in [0.4, 0.5) is 4.79 Å². The first kappa shape index (κ1) is 16.3. The van der Waals surface area contributed by atoms with E-state index in [1.807, 2.05) is 18.4 Å². The van der Waals surface area contributed by atoms with Gasteiger partial charge in [0, 0.05) is 22.4 Å². The second-order valence-corrected chi connectivity index (χ2v) is 7.13. The topological polar surface area (TPSA) is 69.6 Å². The van der Waals surface area contributed by atoms with Crippen LogP contribution in [0, 0.1) is 5.41 Å². The number of nitrogens with one attached hydrogen (secondary N) is 1. The molecule has 1 aromatic heterocycles. The van der Waals surface area contributed by atoms with Crippen molar-refractivity contribution in [2.24, 2.45) is 5.41 Å². The Morgan fingerprint density at radius 1 is 1.48 bits per heavy atom. The first-order valence-electron chi connectivity index (χ1n) is 6.96. The number of urea groups is 1. The fourth-order valence-corrected chi connectivity index (χ4v) is 4.01. The van der Waals surface area contributed by atoms with Gasteiger partial charge < -0.3 is 15.3 Å². The van der Waals surface area contributed by atoms with Gasteiger partial charge in [-0.25, -0.2) is 4.79 Å². The summed E-state index contributed by atoms with van der Waals surface area (Å²) in [6.45, 7) is 3.39. The molecule has 0 radical (unpaired) electrons. The molecule has 0 saturated carbocycles. The number of thiophene rings is 1. The molecule has 0 aliphatic carbocycles. The molecule has 21 heavy (non-hydrogen) atoms. The Balaban J connectivity index is 1.86. The summed E-state index contributed by atoms with van der Waals surface area (Å²) in [6.07, 6.45) is 1.66. The highest BCUT2D eigenvalue weighted by Crippen LogP contribution is 2.35. The van der Waals surface area contributed by atoms with E-state index in [0.29, 0.717) is 38.9 Å². The summed E-state index contributed by atoms with van der Waals surface area (Å²) in [7, 11) is 0. The number of nitrogens with zero attached hydrogens (tertiary/aromatic N) is 1. The molecule has 2 amide bonds. The molecule has 0 spiro atoms. The van der Waals surface area contributed by atoms with Crippen LogP contribution >= 0.6 is 27.3 Å². The van der Waals surface area contributed by atoms with Gasteiger partial charge in [-0.05, 0) is 46.6 Å². The number of aliphatic carboxylic acids is 1. The fraction of sp³-hybridized carbons (Fsp3) is 0.571. The normalized spacial score (nSPS) is 17.5. The zero-order chi connectivity index (χ0) is 15.5. The van der Waals surface area contributed by atoms with E-state index in [4.69, 9.17) is 0 Å². The van der Waals surface area contributed by atoms with E-state index >= 15 is 0 Å². The average molecular weight is 375 g/mol. The molecule has 0 unspecified atom stereocenters. The van der Waals surface area contributed by atoms with E-state index in [1.54, 1.807) is 16.2 Å². The maximum absolute atomic E-state index is 12.1. The highest BCUT2D eigenvalue weighted by molar-refractivity contribution is 9.10. The summed E-state index contributed by atoms with van der Waals surface area (Å²) in [4.78, 5) is 26.3. The molecule has 2 heterocycles. The third kappa shape index (κ3) is 3.58. The van der Waals surface area contributed by atoms with Gasteiger partial charge in [-0.15, -0.1) is 11.3 Å². The molecular weight excluding hydrogens is 356 g/mol. The van der Waals surface area contributed by atoms with Gasteiger partial charge in [0.2, 0.25) is 0 Å². The average Bonchev–Trinajstić information content (AvgIpc) is 2.90. The van der Waals surface area contributed by atoms with Gasteiger partial charge in [-0.2, -0.15) is 0 Å². The lowest BCUT2D eigenvalue weighted by atomic mass is 9.76. The van der Waals surface area contributed by atoms with Crippen LogP contribution in [0.3, 0.4) is 0 Å². The SMILES string of the molecule is CCC1(C(=O)O)CCN(C(=O)NCc2sccc2Br)CC1. The van der Waals surface area contributed by atoms with Crippen molar-refractivity contribution in [1.82, 2.24) is 10.2 Å². The van der Waals surface area contributed by atoms with Crippen LogP contribution in [0.2, 0.25) is 0 Å². The number of carboxylic acid groups (broad SMARTS) is 1. The number of hydrogen-bond donors (Lipinski definition) is 2. The van der Waals surface area contributed by atoms with Crippen LogP contribution < -0.4 is 5.32 Å². The molecule has 1 saturated heterocycles. The Morgan fingerprint density at radius 3 is 2.62 bits per heavy atom. The van der Waals surface area contributed by atoms with Gasteiger partial charge in [0.1, 0.15) is 0 Å². The Labute approximate surface area is 136 Å². The van der Waals surface area contributed by atoms with Crippen LogP contribution in [0.5, 0.6) is 0 Å². The van der Waals surface area contributed by atoms with E-state index in [0.717, 1.165) is 9.35 Å². The number of hydrogen-bond acceptors (Lipinski definition) is 3. The third-order valence-electron chi connectivity index (χ3n) is 4.23. The number of carbonyl (C=O) groups excluding carboxylic acids is 1. The van der Waals surface area contributed by atoms with E-state index in [2.05, 4.69) is 21.2 Å². The molecule has 116 valence electrons. The minimum Gasteiger partial charge on any atom is -0.481 e. The summed E-state index contributed by atoms with van der Waals surface area (Å²) in [5, 5.41) is 14.2. The molecule has 5 nitrogen and oxygen atoms in total. The Hall–Kier alpha value is -1.08. The Morgan fingerprint density at radius 2 is 2.14 bits per heavy atom. The van der Waals surface area contributed by atoms with E-state index in [-0.39, 0.29) is 6.03 Å². The second kappa shape index (κ2) is 6.79. The number of likely N-dealkylation sites (tertiary alicyclic amines) is 1. The first-order valence-corrected chi connectivity index (χ1v) is 8.64. The quantitative estimate of drug-likeness (QED) is 0.849. The number of amides is 2. The molecule has 1 aromatic rings. The van der Waals surface area contributed by atoms with Gasteiger partial charge in [0.25, 0.3) is 0 Å². The summed E-state index contributed by atoms with van der Waals surface area (Å²) in [6, 6.07) is 1.83. The summed E-state index contributed by atoms with van der Waals surface area (Å²) in [5.41, 5.74) is -0.659. The van der Waals surface area contributed by atoms with Gasteiger partial charge in [0.15, 0.2) is 0 Å². The number of carboxylic acids is 1. The molecule has 0 atom stereocenters. The van der Waals surface area contributed by atoms with Crippen LogP contribution in [0.1, 0.15) is 31.1 Å².